The van der Waals surface area contributed by atoms with Crippen LogP contribution in [0.15, 0.2) is 35.2 Å². The van der Waals surface area contributed by atoms with Crippen molar-refractivity contribution >= 4 is 23.6 Å². The van der Waals surface area contributed by atoms with Crippen molar-refractivity contribution in [2.24, 2.45) is 11.8 Å². The average molecular weight is 460 g/mol. The van der Waals surface area contributed by atoms with Gasteiger partial charge in [-0.15, -0.1) is 0 Å². The molecule has 0 saturated heterocycles. The van der Waals surface area contributed by atoms with Gasteiger partial charge >= 0.3 is 5.97 Å². The normalized spacial score (nSPS) is 24.7. The highest BCUT2D eigenvalue weighted by Crippen LogP contribution is 2.56. The van der Waals surface area contributed by atoms with Crippen molar-refractivity contribution in [3.05, 3.63) is 52.8 Å². The van der Waals surface area contributed by atoms with Gasteiger partial charge in [0.25, 0.3) is 0 Å². The van der Waals surface area contributed by atoms with Crippen LogP contribution in [0.1, 0.15) is 46.2 Å². The molecule has 170 valence electrons. The van der Waals surface area contributed by atoms with E-state index in [1.54, 1.807) is 19.2 Å². The molecule has 3 aliphatic rings. The summed E-state index contributed by atoms with van der Waals surface area (Å²) in [6.07, 6.45) is 2.05. The highest BCUT2D eigenvalue weighted by Gasteiger charge is 2.45. The number of benzene rings is 2. The van der Waals surface area contributed by atoms with E-state index in [1.165, 1.54) is 25.1 Å². The van der Waals surface area contributed by atoms with Gasteiger partial charge in [-0.2, -0.15) is 0 Å². The molecule has 1 heterocycles. The Labute approximate surface area is 190 Å². The molecule has 8 heteroatoms. The summed E-state index contributed by atoms with van der Waals surface area (Å²) in [6.45, 7) is 1.48. The Morgan fingerprint density at radius 3 is 2.88 bits per heavy atom. The van der Waals surface area contributed by atoms with Crippen LogP contribution in [0.3, 0.4) is 0 Å². The monoisotopic (exact) mass is 459 g/mol. The fourth-order valence-electron chi connectivity index (χ4n) is 4.55. The number of carbonyl (C=O) groups excluding carboxylic acids is 1. The van der Waals surface area contributed by atoms with E-state index in [2.05, 4.69) is 4.72 Å². The zero-order valence-corrected chi connectivity index (χ0v) is 18.9. The van der Waals surface area contributed by atoms with Crippen LogP contribution in [-0.4, -0.2) is 40.2 Å². The van der Waals surface area contributed by atoms with Crippen molar-refractivity contribution in [2.75, 3.05) is 38.9 Å². The molecule has 0 radical (unpaired) electrons. The van der Waals surface area contributed by atoms with Crippen LogP contribution in [0.2, 0.25) is 0 Å². The molecular formula is C24H26FNO5S. The lowest BCUT2D eigenvalue weighted by Gasteiger charge is -2.22. The van der Waals surface area contributed by atoms with Gasteiger partial charge in [0.05, 0.1) is 26.0 Å². The molecule has 1 N–H and O–H groups in total. The zero-order chi connectivity index (χ0) is 22.2. The number of carbonyl (C=O) groups is 1. The van der Waals surface area contributed by atoms with Crippen molar-refractivity contribution in [3.8, 4) is 5.75 Å². The van der Waals surface area contributed by atoms with Crippen molar-refractivity contribution in [3.63, 3.8) is 0 Å². The number of fused-ring (bicyclic) bond motifs is 3. The molecule has 4 atom stereocenters. The lowest BCUT2D eigenvalue weighted by Crippen LogP contribution is -2.15. The number of halogens is 1. The summed E-state index contributed by atoms with van der Waals surface area (Å²) in [5, 5.41) is 0. The molecule has 0 amide bonds. The Bertz CT molecular complexity index is 1030. The van der Waals surface area contributed by atoms with Crippen molar-refractivity contribution < 1.29 is 28.1 Å². The van der Waals surface area contributed by atoms with E-state index >= 15 is 0 Å². The number of hydrogen-bond acceptors (Lipinski definition) is 7. The van der Waals surface area contributed by atoms with Gasteiger partial charge < -0.3 is 23.7 Å². The largest absolute Gasteiger partial charge is 0.492 e. The van der Waals surface area contributed by atoms with E-state index < -0.39 is 5.97 Å². The second-order valence-electron chi connectivity index (χ2n) is 8.58. The van der Waals surface area contributed by atoms with E-state index in [4.69, 9.17) is 18.9 Å². The molecule has 2 aliphatic carbocycles. The Hall–Kier alpha value is -2.29. The van der Waals surface area contributed by atoms with Crippen LogP contribution in [0.25, 0.3) is 0 Å². The minimum atomic E-state index is -0.430. The molecule has 2 aromatic rings. The number of hydrogen-bond donors (Lipinski definition) is 1. The molecule has 2 saturated carbocycles. The molecule has 0 spiro atoms. The molecule has 5 rings (SSSR count). The zero-order valence-electron chi connectivity index (χ0n) is 18.1. The third kappa shape index (κ3) is 4.19. The van der Waals surface area contributed by atoms with Gasteiger partial charge in [-0.25, -0.2) is 9.18 Å². The van der Waals surface area contributed by atoms with Crippen molar-refractivity contribution in [1.29, 1.82) is 0 Å². The second kappa shape index (κ2) is 8.92. The third-order valence-corrected chi connectivity index (χ3v) is 7.35. The highest BCUT2D eigenvalue weighted by molar-refractivity contribution is 8.00. The smallest absolute Gasteiger partial charge is 0.343 e. The number of anilines is 1. The van der Waals surface area contributed by atoms with E-state index in [9.17, 15) is 9.18 Å². The summed E-state index contributed by atoms with van der Waals surface area (Å²) >= 11 is 1.37. The van der Waals surface area contributed by atoms with Gasteiger partial charge in [0, 0.05) is 17.9 Å². The number of nitrogens with one attached hydrogen (secondary N) is 1. The van der Waals surface area contributed by atoms with E-state index in [1.807, 2.05) is 12.1 Å². The van der Waals surface area contributed by atoms with Crippen LogP contribution >= 0.6 is 11.9 Å². The van der Waals surface area contributed by atoms with Crippen LogP contribution in [-0.2, 0) is 14.2 Å². The van der Waals surface area contributed by atoms with Gasteiger partial charge in [0.2, 0.25) is 0 Å². The molecule has 3 unspecified atom stereocenters. The Morgan fingerprint density at radius 1 is 1.19 bits per heavy atom. The molecule has 6 nitrogen and oxygen atoms in total. The molecular weight excluding hydrogens is 433 g/mol. The number of esters is 1. The van der Waals surface area contributed by atoms with Gasteiger partial charge in [0.1, 0.15) is 23.9 Å². The van der Waals surface area contributed by atoms with Crippen LogP contribution in [0.5, 0.6) is 5.75 Å². The lowest BCUT2D eigenvalue weighted by atomic mass is 10.0. The van der Waals surface area contributed by atoms with E-state index in [0.717, 1.165) is 28.9 Å². The van der Waals surface area contributed by atoms with E-state index in [0.29, 0.717) is 48.0 Å². The Kier molecular flexibility index (Phi) is 6.01. The van der Waals surface area contributed by atoms with Gasteiger partial charge in [-0.3, -0.25) is 0 Å². The molecule has 0 aromatic heterocycles. The topological polar surface area (TPSA) is 66.0 Å². The van der Waals surface area contributed by atoms with Crippen LogP contribution < -0.4 is 9.46 Å². The standard InChI is InChI=1S/C24H26FNO5S/c1-28-12-30-10-13-7-18(13)19-9-15(25)3-6-21(19)32-26-20-5-4-16-17-8-14(17)11-31-23(16)22(20)24(27)29-2/h3-6,9,13-14,17-18,26H,7-8,10-12H2,1-2H3/t13?,14-,17?,18?/m0/s1. The third-order valence-electron chi connectivity index (χ3n) is 6.44. The summed E-state index contributed by atoms with van der Waals surface area (Å²) in [4.78, 5) is 13.5. The summed E-state index contributed by atoms with van der Waals surface area (Å²) in [7, 11) is 2.97. The van der Waals surface area contributed by atoms with E-state index in [-0.39, 0.29) is 18.5 Å². The second-order valence-corrected chi connectivity index (χ2v) is 9.43. The predicted molar refractivity (Wildman–Crippen MR) is 119 cm³/mol. The maximum absolute atomic E-state index is 14.0. The van der Waals surface area contributed by atoms with Gasteiger partial charge in [-0.05, 0) is 77.9 Å². The minimum Gasteiger partial charge on any atom is -0.492 e. The molecule has 32 heavy (non-hydrogen) atoms. The predicted octanol–water partition coefficient (Wildman–Crippen LogP) is 4.95. The van der Waals surface area contributed by atoms with Crippen LogP contribution in [0, 0.1) is 17.7 Å². The Balaban J connectivity index is 1.36. The number of rotatable bonds is 9. The van der Waals surface area contributed by atoms with Gasteiger partial charge in [0.15, 0.2) is 0 Å². The van der Waals surface area contributed by atoms with Crippen molar-refractivity contribution in [1.82, 2.24) is 0 Å². The Morgan fingerprint density at radius 2 is 2.06 bits per heavy atom. The maximum atomic E-state index is 14.0. The molecule has 2 fully saturated rings. The lowest BCUT2D eigenvalue weighted by molar-refractivity contribution is -0.0348. The SMILES string of the molecule is COCOCC1CC1c1cc(F)ccc1SNc1ccc2c(c1C(=O)OC)OC[C@@H]1CC21. The molecule has 1 aliphatic heterocycles. The number of ether oxygens (including phenoxy) is 4. The first-order chi connectivity index (χ1) is 15.6. The molecule has 2 aromatic carbocycles. The molecule has 0 bridgehead atoms. The fraction of sp³-hybridized carbons (Fsp3) is 0.458. The maximum Gasteiger partial charge on any atom is 0.343 e. The van der Waals surface area contributed by atoms with Crippen LogP contribution in [0.4, 0.5) is 10.1 Å². The quantitative estimate of drug-likeness (QED) is 0.246. The number of methoxy groups -OCH3 is 2. The summed E-state index contributed by atoms with van der Waals surface area (Å²) in [5.41, 5.74) is 3.08. The first-order valence-electron chi connectivity index (χ1n) is 10.8. The summed E-state index contributed by atoms with van der Waals surface area (Å²) < 4.78 is 38.7. The average Bonchev–Trinajstić information content (AvgIpc) is 3.72. The highest BCUT2D eigenvalue weighted by atomic mass is 32.2. The first kappa shape index (κ1) is 21.6. The minimum absolute atomic E-state index is 0.241. The summed E-state index contributed by atoms with van der Waals surface area (Å²) in [5.74, 6) is 1.55. The van der Waals surface area contributed by atoms with Crippen molar-refractivity contribution in [2.45, 2.75) is 29.6 Å². The summed E-state index contributed by atoms with van der Waals surface area (Å²) in [6, 6.07) is 8.76. The first-order valence-corrected chi connectivity index (χ1v) is 11.6. The fourth-order valence-corrected chi connectivity index (χ4v) is 5.40. The van der Waals surface area contributed by atoms with Gasteiger partial charge in [-0.1, -0.05) is 6.07 Å².